The number of carbonyl (C=O) groups excluding carboxylic acids is 2. The van der Waals surface area contributed by atoms with Crippen LogP contribution in [0.4, 0.5) is 10.1 Å². The predicted octanol–water partition coefficient (Wildman–Crippen LogP) is 2.50. The van der Waals surface area contributed by atoms with Gasteiger partial charge in [-0.1, -0.05) is 29.5 Å². The molecule has 2 amide bonds. The summed E-state index contributed by atoms with van der Waals surface area (Å²) in [6.45, 7) is 0.377. The highest BCUT2D eigenvalue weighted by atomic mass is 19.1. The maximum absolute atomic E-state index is 13.7. The number of hydrogen-bond donors (Lipinski definition) is 1. The van der Waals surface area contributed by atoms with Crippen molar-refractivity contribution in [3.05, 3.63) is 84.4 Å². The van der Waals surface area contributed by atoms with E-state index in [-0.39, 0.29) is 13.1 Å². The molecule has 2 heterocycles. The van der Waals surface area contributed by atoms with Crippen molar-refractivity contribution in [2.45, 2.75) is 12.6 Å². The van der Waals surface area contributed by atoms with Crippen molar-refractivity contribution in [1.29, 1.82) is 0 Å². The number of nitrogens with one attached hydrogen (secondary N) is 1. The molecule has 0 radical (unpaired) electrons. The van der Waals surface area contributed by atoms with Gasteiger partial charge in [0, 0.05) is 19.9 Å². The summed E-state index contributed by atoms with van der Waals surface area (Å²) in [5.74, 6) is -1.31. The summed E-state index contributed by atoms with van der Waals surface area (Å²) in [7, 11) is 1.53. The number of ether oxygens (including phenoxy) is 1. The summed E-state index contributed by atoms with van der Waals surface area (Å²) in [6.07, 6.45) is 3.07. The summed E-state index contributed by atoms with van der Waals surface area (Å²) in [6, 6.07) is 15.0. The van der Waals surface area contributed by atoms with Crippen molar-refractivity contribution in [3.63, 3.8) is 0 Å². The number of aromatic nitrogens is 4. The van der Waals surface area contributed by atoms with E-state index in [9.17, 15) is 14.0 Å². The number of pyridine rings is 1. The van der Waals surface area contributed by atoms with E-state index >= 15 is 0 Å². The average molecular weight is 462 g/mol. The number of para-hydroxylation sites is 1. The molecule has 1 N–H and O–H groups in total. The molecule has 0 saturated carbocycles. The van der Waals surface area contributed by atoms with Crippen molar-refractivity contribution in [2.24, 2.45) is 0 Å². The second kappa shape index (κ2) is 10.6. The molecule has 34 heavy (non-hydrogen) atoms. The fourth-order valence-corrected chi connectivity index (χ4v) is 3.61. The lowest BCUT2D eigenvalue weighted by Gasteiger charge is -2.31. The van der Waals surface area contributed by atoms with Crippen LogP contribution < -0.4 is 10.2 Å². The van der Waals surface area contributed by atoms with E-state index in [1.165, 1.54) is 47.2 Å². The minimum atomic E-state index is -1.08. The molecular weight excluding hydrogens is 439 g/mol. The van der Waals surface area contributed by atoms with Crippen molar-refractivity contribution in [3.8, 4) is 0 Å². The molecular formula is C24H23FN6O3. The molecule has 1 atom stereocenters. The first-order valence-corrected chi connectivity index (χ1v) is 10.6. The van der Waals surface area contributed by atoms with Crippen LogP contribution in [0.2, 0.25) is 0 Å². The highest BCUT2D eigenvalue weighted by Gasteiger charge is 2.33. The van der Waals surface area contributed by atoms with Crippen molar-refractivity contribution in [1.82, 2.24) is 25.3 Å². The van der Waals surface area contributed by atoms with Gasteiger partial charge in [-0.3, -0.25) is 19.5 Å². The Morgan fingerprint density at radius 2 is 1.91 bits per heavy atom. The zero-order valence-electron chi connectivity index (χ0n) is 18.5. The number of anilines is 1. The third-order valence-electron chi connectivity index (χ3n) is 5.20. The van der Waals surface area contributed by atoms with Gasteiger partial charge < -0.3 is 10.1 Å². The van der Waals surface area contributed by atoms with Crippen LogP contribution in [0.5, 0.6) is 0 Å². The van der Waals surface area contributed by atoms with Crippen LogP contribution in [0.1, 0.15) is 11.6 Å². The van der Waals surface area contributed by atoms with Crippen molar-refractivity contribution >= 4 is 28.5 Å². The van der Waals surface area contributed by atoms with Crippen molar-refractivity contribution < 1.29 is 18.7 Å². The Bertz CT molecular complexity index is 1260. The molecule has 0 spiro atoms. The third kappa shape index (κ3) is 5.07. The lowest BCUT2D eigenvalue weighted by molar-refractivity contribution is -0.127. The highest BCUT2D eigenvalue weighted by Crippen LogP contribution is 2.28. The minimum Gasteiger partial charge on any atom is -0.383 e. The molecule has 4 aromatic rings. The van der Waals surface area contributed by atoms with Gasteiger partial charge in [0.1, 0.15) is 23.9 Å². The van der Waals surface area contributed by atoms with E-state index in [4.69, 9.17) is 4.74 Å². The first kappa shape index (κ1) is 23.0. The molecule has 9 nitrogen and oxygen atoms in total. The lowest BCUT2D eigenvalue weighted by atomic mass is 10.0. The van der Waals surface area contributed by atoms with Crippen LogP contribution in [0.25, 0.3) is 11.0 Å². The smallest absolute Gasteiger partial charge is 0.249 e. The molecule has 0 unspecified atom stereocenters. The van der Waals surface area contributed by atoms with E-state index in [0.717, 1.165) is 0 Å². The Morgan fingerprint density at radius 1 is 1.12 bits per heavy atom. The van der Waals surface area contributed by atoms with Gasteiger partial charge in [0.25, 0.3) is 0 Å². The average Bonchev–Trinajstić information content (AvgIpc) is 3.26. The Kier molecular flexibility index (Phi) is 7.19. The van der Waals surface area contributed by atoms with Gasteiger partial charge >= 0.3 is 0 Å². The van der Waals surface area contributed by atoms with Crippen LogP contribution in [0.3, 0.4) is 0 Å². The highest BCUT2D eigenvalue weighted by molar-refractivity contribution is 6.01. The zero-order valence-corrected chi connectivity index (χ0v) is 18.5. The number of halogens is 1. The van der Waals surface area contributed by atoms with Gasteiger partial charge in [-0.2, -0.15) is 0 Å². The number of amides is 2. The molecule has 2 aromatic carbocycles. The van der Waals surface area contributed by atoms with Crippen molar-refractivity contribution in [2.75, 3.05) is 25.2 Å². The van der Waals surface area contributed by atoms with Gasteiger partial charge in [-0.05, 0) is 42.0 Å². The Labute approximate surface area is 195 Å². The number of benzene rings is 2. The van der Waals surface area contributed by atoms with Crippen LogP contribution in [-0.2, 0) is 20.9 Å². The summed E-state index contributed by atoms with van der Waals surface area (Å²) < 4.78 is 20.2. The molecule has 174 valence electrons. The zero-order chi connectivity index (χ0) is 23.9. The molecule has 0 saturated heterocycles. The Balaban J connectivity index is 1.75. The number of methoxy groups -OCH3 is 1. The normalized spacial score (nSPS) is 11.8. The lowest BCUT2D eigenvalue weighted by Crippen LogP contribution is -2.46. The SMILES string of the molecule is COCCNC(=O)[C@H](c1ccc(F)cc1)N(C(=O)Cn1nnc2ccccc21)c1cccnc1. The fraction of sp³-hybridized carbons (Fsp3) is 0.208. The van der Waals surface area contributed by atoms with Gasteiger partial charge in [0.2, 0.25) is 11.8 Å². The molecule has 0 bridgehead atoms. The molecule has 0 aliphatic carbocycles. The first-order chi connectivity index (χ1) is 16.6. The number of hydrogen-bond acceptors (Lipinski definition) is 6. The van der Waals surface area contributed by atoms with E-state index in [1.807, 2.05) is 18.2 Å². The molecule has 4 rings (SSSR count). The van der Waals surface area contributed by atoms with E-state index in [1.54, 1.807) is 24.4 Å². The number of carbonyl (C=O) groups is 2. The second-order valence-corrected chi connectivity index (χ2v) is 7.45. The number of fused-ring (bicyclic) bond motifs is 1. The summed E-state index contributed by atoms with van der Waals surface area (Å²) in [5, 5.41) is 11.0. The van der Waals surface area contributed by atoms with Crippen LogP contribution >= 0.6 is 0 Å². The summed E-state index contributed by atoms with van der Waals surface area (Å²) in [5.41, 5.74) is 2.19. The Morgan fingerprint density at radius 3 is 2.65 bits per heavy atom. The molecule has 0 aliphatic rings. The molecule has 2 aromatic heterocycles. The largest absolute Gasteiger partial charge is 0.383 e. The quantitative estimate of drug-likeness (QED) is 0.384. The summed E-state index contributed by atoms with van der Waals surface area (Å²) >= 11 is 0. The van der Waals surface area contributed by atoms with Gasteiger partial charge in [-0.25, -0.2) is 9.07 Å². The standard InChI is InChI=1S/C24H23FN6O3/c1-34-14-13-27-24(33)23(17-8-10-18(25)11-9-17)31(19-5-4-12-26-15-19)22(32)16-30-21-7-3-2-6-20(21)28-29-30/h2-12,15,23H,13-14,16H2,1H3,(H,27,33)/t23-/m0/s1. The van der Waals surface area contributed by atoms with Crippen LogP contribution in [0.15, 0.2) is 73.1 Å². The van der Waals surface area contributed by atoms with Gasteiger partial charge in [0.15, 0.2) is 0 Å². The first-order valence-electron chi connectivity index (χ1n) is 10.6. The molecule has 0 fully saturated rings. The maximum Gasteiger partial charge on any atom is 0.249 e. The molecule has 10 heteroatoms. The van der Waals surface area contributed by atoms with E-state index < -0.39 is 23.7 Å². The maximum atomic E-state index is 13.7. The topological polar surface area (TPSA) is 102 Å². The number of rotatable bonds is 9. The third-order valence-corrected chi connectivity index (χ3v) is 5.20. The van der Waals surface area contributed by atoms with Gasteiger partial charge in [-0.15, -0.1) is 5.10 Å². The predicted molar refractivity (Wildman–Crippen MR) is 123 cm³/mol. The summed E-state index contributed by atoms with van der Waals surface area (Å²) in [4.78, 5) is 32.5. The molecule has 0 aliphatic heterocycles. The minimum absolute atomic E-state index is 0.168. The second-order valence-electron chi connectivity index (χ2n) is 7.45. The van der Waals surface area contributed by atoms with Crippen LogP contribution in [-0.4, -0.2) is 52.1 Å². The van der Waals surface area contributed by atoms with E-state index in [0.29, 0.717) is 28.9 Å². The fourth-order valence-electron chi connectivity index (χ4n) is 3.61. The number of nitrogens with zero attached hydrogens (tertiary/aromatic N) is 5. The monoisotopic (exact) mass is 462 g/mol. The van der Waals surface area contributed by atoms with E-state index in [2.05, 4.69) is 20.6 Å². The van der Waals surface area contributed by atoms with Gasteiger partial charge in [0.05, 0.1) is 24.0 Å². The van der Waals surface area contributed by atoms with Crippen LogP contribution in [0, 0.1) is 5.82 Å². The Hall–Kier alpha value is -4.18.